The Morgan fingerprint density at radius 3 is 2.71 bits per heavy atom. The van der Waals surface area contributed by atoms with Crippen LogP contribution in [-0.4, -0.2) is 40.0 Å². The van der Waals surface area contributed by atoms with E-state index >= 15 is 0 Å². The van der Waals surface area contributed by atoms with Gasteiger partial charge in [0, 0.05) is 22.5 Å². The second-order valence-corrected chi connectivity index (χ2v) is 9.54. The number of hydrogen-bond acceptors (Lipinski definition) is 4. The van der Waals surface area contributed by atoms with Crippen LogP contribution in [0.2, 0.25) is 0 Å². The molecule has 0 aromatic carbocycles. The van der Waals surface area contributed by atoms with Gasteiger partial charge in [-0.15, -0.1) is 0 Å². The molecule has 0 amide bonds. The Labute approximate surface area is 143 Å². The molecule has 5 fully saturated rings. The van der Waals surface area contributed by atoms with E-state index in [2.05, 4.69) is 24.7 Å². The Balaban J connectivity index is 1.70. The second-order valence-electron chi connectivity index (χ2n) is 9.54. The maximum atomic E-state index is 11.2. The fraction of sp³-hybridized carbons (Fsp3) is 0.850. The van der Waals surface area contributed by atoms with Crippen LogP contribution in [-0.2, 0) is 0 Å². The van der Waals surface area contributed by atoms with Crippen LogP contribution in [0, 0.1) is 34.0 Å². The van der Waals surface area contributed by atoms with Crippen molar-refractivity contribution in [3.8, 4) is 0 Å². The summed E-state index contributed by atoms with van der Waals surface area (Å²) < 4.78 is 0. The molecule has 24 heavy (non-hydrogen) atoms. The van der Waals surface area contributed by atoms with Crippen LogP contribution in [0.15, 0.2) is 17.1 Å². The van der Waals surface area contributed by atoms with Crippen LogP contribution in [0.5, 0.6) is 0 Å². The van der Waals surface area contributed by atoms with Gasteiger partial charge in [0.1, 0.15) is 6.23 Å². The number of aliphatic hydroxyl groups excluding tert-OH is 3. The lowest BCUT2D eigenvalue weighted by molar-refractivity contribution is -0.247. The zero-order chi connectivity index (χ0) is 16.9. The summed E-state index contributed by atoms with van der Waals surface area (Å²) in [6.45, 7) is 6.33. The van der Waals surface area contributed by atoms with Crippen molar-refractivity contribution < 1.29 is 15.3 Å². The molecule has 4 heteroatoms. The highest BCUT2D eigenvalue weighted by Crippen LogP contribution is 2.72. The van der Waals surface area contributed by atoms with Crippen molar-refractivity contribution in [2.24, 2.45) is 39.0 Å². The van der Waals surface area contributed by atoms with Crippen LogP contribution in [0.1, 0.15) is 51.9 Å². The quantitative estimate of drug-likeness (QED) is 0.596. The predicted octanol–water partition coefficient (Wildman–Crippen LogP) is 2.28. The molecule has 6 aliphatic rings. The van der Waals surface area contributed by atoms with E-state index in [1.807, 2.05) is 0 Å². The SMILES string of the molecule is C=C1[C@H]2CC[C@@]3([C@H](O)C[C@H]4[C@]5(C=NC(O)[C@]4(C)CCC5)[C@@H]3C2)[C@H]1O. The molecule has 0 aromatic heterocycles. The monoisotopic (exact) mass is 331 g/mol. The highest BCUT2D eigenvalue weighted by molar-refractivity contribution is 5.70. The number of fused-ring (bicyclic) bond motifs is 2. The molecule has 0 saturated heterocycles. The van der Waals surface area contributed by atoms with Gasteiger partial charge in [0.15, 0.2) is 0 Å². The molecular weight excluding hydrogens is 302 g/mol. The summed E-state index contributed by atoms with van der Waals surface area (Å²) in [5, 5.41) is 32.9. The summed E-state index contributed by atoms with van der Waals surface area (Å²) in [7, 11) is 0. The molecule has 3 N–H and O–H groups in total. The molecule has 5 saturated carbocycles. The Morgan fingerprint density at radius 2 is 1.92 bits per heavy atom. The number of aliphatic imine (C=N–C) groups is 1. The van der Waals surface area contributed by atoms with Crippen molar-refractivity contribution in [1.82, 2.24) is 0 Å². The highest BCUT2D eigenvalue weighted by atomic mass is 16.3. The minimum atomic E-state index is -0.655. The Bertz CT molecular complexity index is 632. The van der Waals surface area contributed by atoms with E-state index in [1.54, 1.807) is 0 Å². The van der Waals surface area contributed by atoms with Gasteiger partial charge in [-0.05, 0) is 61.9 Å². The van der Waals surface area contributed by atoms with E-state index in [9.17, 15) is 15.3 Å². The summed E-state index contributed by atoms with van der Waals surface area (Å²) in [6, 6.07) is 0. The molecule has 1 spiro atoms. The van der Waals surface area contributed by atoms with Crippen molar-refractivity contribution in [2.75, 3.05) is 0 Å². The van der Waals surface area contributed by atoms with Gasteiger partial charge < -0.3 is 15.3 Å². The number of nitrogens with zero attached hydrogens (tertiary/aromatic N) is 1. The lowest BCUT2D eigenvalue weighted by atomic mass is 9.34. The number of aliphatic hydroxyl groups is 3. The lowest BCUT2D eigenvalue weighted by Crippen LogP contribution is -2.72. The largest absolute Gasteiger partial charge is 0.392 e. The minimum absolute atomic E-state index is 0.0637. The van der Waals surface area contributed by atoms with Crippen LogP contribution >= 0.6 is 0 Å². The third kappa shape index (κ3) is 1.47. The van der Waals surface area contributed by atoms with Crippen LogP contribution < -0.4 is 0 Å². The van der Waals surface area contributed by atoms with Crippen molar-refractivity contribution in [3.05, 3.63) is 12.2 Å². The van der Waals surface area contributed by atoms with E-state index in [0.29, 0.717) is 12.3 Å². The van der Waals surface area contributed by atoms with E-state index in [1.165, 1.54) is 0 Å². The van der Waals surface area contributed by atoms with E-state index in [-0.39, 0.29) is 22.7 Å². The molecule has 1 unspecified atom stereocenters. The summed E-state index contributed by atoms with van der Waals surface area (Å²) in [5.41, 5.74) is 0.187. The first kappa shape index (κ1) is 15.5. The third-order valence-electron chi connectivity index (χ3n) is 9.02. The van der Waals surface area contributed by atoms with Gasteiger partial charge in [0.05, 0.1) is 12.2 Å². The van der Waals surface area contributed by atoms with Crippen molar-refractivity contribution >= 4 is 6.21 Å². The molecule has 0 radical (unpaired) electrons. The van der Waals surface area contributed by atoms with Crippen LogP contribution in [0.4, 0.5) is 0 Å². The van der Waals surface area contributed by atoms with Gasteiger partial charge in [0.25, 0.3) is 0 Å². The number of rotatable bonds is 0. The molecule has 1 aliphatic heterocycles. The maximum absolute atomic E-state index is 11.2. The molecule has 9 atom stereocenters. The van der Waals surface area contributed by atoms with E-state index < -0.39 is 23.9 Å². The predicted molar refractivity (Wildman–Crippen MR) is 91.4 cm³/mol. The third-order valence-corrected chi connectivity index (χ3v) is 9.02. The van der Waals surface area contributed by atoms with Crippen molar-refractivity contribution in [3.63, 3.8) is 0 Å². The van der Waals surface area contributed by atoms with Crippen LogP contribution in [0.3, 0.4) is 0 Å². The fourth-order valence-electron chi connectivity index (χ4n) is 7.77. The normalized spacial score (nSPS) is 61.4. The smallest absolute Gasteiger partial charge is 0.150 e. The fourth-order valence-corrected chi connectivity index (χ4v) is 7.77. The van der Waals surface area contributed by atoms with Gasteiger partial charge in [-0.25, -0.2) is 0 Å². The van der Waals surface area contributed by atoms with Crippen molar-refractivity contribution in [2.45, 2.75) is 70.3 Å². The first-order valence-electron chi connectivity index (χ1n) is 9.63. The molecule has 4 nitrogen and oxygen atoms in total. The van der Waals surface area contributed by atoms with E-state index in [0.717, 1.165) is 44.1 Å². The van der Waals surface area contributed by atoms with Crippen molar-refractivity contribution in [1.29, 1.82) is 0 Å². The van der Waals surface area contributed by atoms with Gasteiger partial charge in [0.2, 0.25) is 0 Å². The molecule has 1 heterocycles. The Morgan fingerprint density at radius 1 is 1.12 bits per heavy atom. The zero-order valence-corrected chi connectivity index (χ0v) is 14.5. The Hall–Kier alpha value is -0.710. The van der Waals surface area contributed by atoms with Crippen LogP contribution in [0.25, 0.3) is 0 Å². The molecule has 6 rings (SSSR count). The summed E-state index contributed by atoms with van der Waals surface area (Å²) >= 11 is 0. The summed E-state index contributed by atoms with van der Waals surface area (Å²) in [4.78, 5) is 4.55. The van der Waals surface area contributed by atoms with Gasteiger partial charge in [-0.3, -0.25) is 4.99 Å². The van der Waals surface area contributed by atoms with Gasteiger partial charge >= 0.3 is 0 Å². The molecular formula is C20H29NO3. The molecule has 4 bridgehead atoms. The molecule has 0 aromatic rings. The summed E-state index contributed by atoms with van der Waals surface area (Å²) in [6.07, 6.45) is 7.07. The second kappa shape index (κ2) is 4.52. The standard InChI is InChI=1S/C20H29NO3/c1-11-12-4-7-20(16(11)23)14(8-12)19-6-3-5-18(2,17(24)21-10-19)13(19)9-15(20)22/h10,12-17,22-24H,1,3-9H2,2H3/t12-,13+,14-,15+,16-,17?,18+,19-,20+/m0/s1. The molecule has 5 aliphatic carbocycles. The lowest BCUT2D eigenvalue weighted by Gasteiger charge is -2.71. The van der Waals surface area contributed by atoms with E-state index in [4.69, 9.17) is 0 Å². The first-order chi connectivity index (χ1) is 11.4. The highest BCUT2D eigenvalue weighted by Gasteiger charge is 2.72. The summed E-state index contributed by atoms with van der Waals surface area (Å²) in [5.74, 6) is 0.895. The zero-order valence-electron chi connectivity index (χ0n) is 14.5. The number of hydrogen-bond donors (Lipinski definition) is 3. The molecule has 132 valence electrons. The minimum Gasteiger partial charge on any atom is -0.392 e. The Kier molecular flexibility index (Phi) is 2.92. The topological polar surface area (TPSA) is 73.1 Å². The van der Waals surface area contributed by atoms with Gasteiger partial charge in [-0.1, -0.05) is 19.9 Å². The van der Waals surface area contributed by atoms with Gasteiger partial charge in [-0.2, -0.15) is 0 Å². The average molecular weight is 331 g/mol. The average Bonchev–Trinajstić information content (AvgIpc) is 2.57. The maximum Gasteiger partial charge on any atom is 0.150 e. The first-order valence-corrected chi connectivity index (χ1v) is 9.63.